The van der Waals surface area contributed by atoms with Gasteiger partial charge in [-0.2, -0.15) is 0 Å². The van der Waals surface area contributed by atoms with Crippen LogP contribution in [0.1, 0.15) is 22.3 Å². The lowest BCUT2D eigenvalue weighted by molar-refractivity contribution is 0.0270. The van der Waals surface area contributed by atoms with E-state index in [-0.39, 0.29) is 17.4 Å². The molecule has 0 aromatic heterocycles. The van der Waals surface area contributed by atoms with Crippen molar-refractivity contribution in [2.24, 2.45) is 0 Å². The zero-order valence-electron chi connectivity index (χ0n) is 9.53. The van der Waals surface area contributed by atoms with Crippen LogP contribution in [0.3, 0.4) is 0 Å². The Bertz CT molecular complexity index is 418. The fourth-order valence-electron chi connectivity index (χ4n) is 1.64. The van der Waals surface area contributed by atoms with Crippen LogP contribution in [0, 0.1) is 12.7 Å². The van der Waals surface area contributed by atoms with Gasteiger partial charge in [0.15, 0.2) is 0 Å². The van der Waals surface area contributed by atoms with Crippen molar-refractivity contribution in [3.05, 3.63) is 29.1 Å². The van der Waals surface area contributed by atoms with Crippen LogP contribution in [-0.4, -0.2) is 25.3 Å². The Morgan fingerprint density at radius 2 is 2.35 bits per heavy atom. The lowest BCUT2D eigenvalue weighted by atomic mass is 10.1. The molecule has 1 fully saturated rings. The quantitative estimate of drug-likeness (QED) is 0.629. The number of nitrogen functional groups attached to an aromatic ring is 1. The number of hydrogen-bond acceptors (Lipinski definition) is 4. The fourth-order valence-corrected chi connectivity index (χ4v) is 1.64. The van der Waals surface area contributed by atoms with Crippen molar-refractivity contribution in [3.63, 3.8) is 0 Å². The zero-order chi connectivity index (χ0) is 12.4. The highest BCUT2D eigenvalue weighted by Crippen LogP contribution is 2.19. The third-order valence-corrected chi connectivity index (χ3v) is 2.78. The van der Waals surface area contributed by atoms with E-state index in [1.54, 1.807) is 6.92 Å². The summed E-state index contributed by atoms with van der Waals surface area (Å²) in [6, 6.07) is 2.57. The molecule has 1 saturated heterocycles. The van der Waals surface area contributed by atoms with Gasteiger partial charge >= 0.3 is 5.97 Å². The minimum atomic E-state index is -0.564. The van der Waals surface area contributed by atoms with Crippen molar-refractivity contribution in [3.8, 4) is 0 Å². The van der Waals surface area contributed by atoms with Gasteiger partial charge in [-0.25, -0.2) is 9.18 Å². The standard InChI is InChI=1S/C12H14FNO3/c1-7-10(13)4-8(5-11(7)14)12(15)17-9-2-3-16-6-9/h4-5,9H,2-3,6,14H2,1H3. The SMILES string of the molecule is Cc1c(N)cc(C(=O)OC2CCOC2)cc1F. The second-order valence-corrected chi connectivity index (χ2v) is 4.06. The molecule has 92 valence electrons. The van der Waals surface area contributed by atoms with Crippen molar-refractivity contribution in [1.29, 1.82) is 0 Å². The molecule has 0 saturated carbocycles. The normalized spacial score (nSPS) is 19.3. The largest absolute Gasteiger partial charge is 0.456 e. The minimum absolute atomic E-state index is 0.137. The Hall–Kier alpha value is -1.62. The Morgan fingerprint density at radius 1 is 1.59 bits per heavy atom. The van der Waals surface area contributed by atoms with Crippen LogP contribution in [0.2, 0.25) is 0 Å². The van der Waals surface area contributed by atoms with Crippen LogP contribution in [0.4, 0.5) is 10.1 Å². The monoisotopic (exact) mass is 239 g/mol. The molecule has 1 aliphatic heterocycles. The van der Waals surface area contributed by atoms with E-state index in [1.165, 1.54) is 6.07 Å². The molecule has 1 unspecified atom stereocenters. The average Bonchev–Trinajstić information content (AvgIpc) is 2.77. The Kier molecular flexibility index (Phi) is 3.28. The van der Waals surface area contributed by atoms with Crippen molar-refractivity contribution in [1.82, 2.24) is 0 Å². The molecular weight excluding hydrogens is 225 g/mol. The summed E-state index contributed by atoms with van der Waals surface area (Å²) in [5.74, 6) is -1.06. The van der Waals surface area contributed by atoms with E-state index in [0.29, 0.717) is 25.2 Å². The molecule has 1 aliphatic rings. The van der Waals surface area contributed by atoms with Gasteiger partial charge in [0.25, 0.3) is 0 Å². The summed E-state index contributed by atoms with van der Waals surface area (Å²) in [7, 11) is 0. The van der Waals surface area contributed by atoms with Crippen molar-refractivity contribution in [2.45, 2.75) is 19.4 Å². The summed E-state index contributed by atoms with van der Waals surface area (Å²) in [4.78, 5) is 11.7. The third-order valence-electron chi connectivity index (χ3n) is 2.78. The maximum Gasteiger partial charge on any atom is 0.338 e. The maximum atomic E-state index is 13.4. The zero-order valence-corrected chi connectivity index (χ0v) is 9.53. The molecule has 0 radical (unpaired) electrons. The van der Waals surface area contributed by atoms with Crippen molar-refractivity contribution >= 4 is 11.7 Å². The molecule has 0 bridgehead atoms. The summed E-state index contributed by atoms with van der Waals surface area (Å²) >= 11 is 0. The number of carbonyl (C=O) groups excluding carboxylic acids is 1. The summed E-state index contributed by atoms with van der Waals surface area (Å²) in [5.41, 5.74) is 6.32. The van der Waals surface area contributed by atoms with E-state index in [9.17, 15) is 9.18 Å². The van der Waals surface area contributed by atoms with Crippen LogP contribution in [0.5, 0.6) is 0 Å². The van der Waals surface area contributed by atoms with Crippen LogP contribution < -0.4 is 5.73 Å². The van der Waals surface area contributed by atoms with E-state index in [2.05, 4.69) is 0 Å². The number of hydrogen-bond donors (Lipinski definition) is 1. The first-order valence-electron chi connectivity index (χ1n) is 5.42. The van der Waals surface area contributed by atoms with E-state index in [1.807, 2.05) is 0 Å². The molecule has 4 nitrogen and oxygen atoms in total. The Labute approximate surface area is 98.5 Å². The van der Waals surface area contributed by atoms with E-state index in [0.717, 1.165) is 6.07 Å². The van der Waals surface area contributed by atoms with Crippen molar-refractivity contribution in [2.75, 3.05) is 18.9 Å². The molecule has 1 atom stereocenters. The molecule has 2 rings (SSSR count). The first-order valence-corrected chi connectivity index (χ1v) is 5.42. The van der Waals surface area contributed by atoms with Crippen molar-refractivity contribution < 1.29 is 18.7 Å². The molecule has 0 spiro atoms. The smallest absolute Gasteiger partial charge is 0.338 e. The van der Waals surface area contributed by atoms with E-state index >= 15 is 0 Å². The molecule has 1 heterocycles. The van der Waals surface area contributed by atoms with E-state index < -0.39 is 11.8 Å². The molecule has 5 heteroatoms. The predicted octanol–water partition coefficient (Wildman–Crippen LogP) is 1.66. The van der Waals surface area contributed by atoms with Crippen LogP contribution in [0.25, 0.3) is 0 Å². The maximum absolute atomic E-state index is 13.4. The van der Waals surface area contributed by atoms with Gasteiger partial charge in [0.05, 0.1) is 18.8 Å². The van der Waals surface area contributed by atoms with Gasteiger partial charge in [-0.05, 0) is 19.1 Å². The highest BCUT2D eigenvalue weighted by atomic mass is 19.1. The topological polar surface area (TPSA) is 61.6 Å². The van der Waals surface area contributed by atoms with Crippen LogP contribution in [0.15, 0.2) is 12.1 Å². The van der Waals surface area contributed by atoms with Crippen LogP contribution in [-0.2, 0) is 9.47 Å². The highest BCUT2D eigenvalue weighted by Gasteiger charge is 2.21. The molecule has 0 aliphatic carbocycles. The molecule has 1 aromatic carbocycles. The number of nitrogens with two attached hydrogens (primary N) is 1. The van der Waals surface area contributed by atoms with E-state index in [4.69, 9.17) is 15.2 Å². The second-order valence-electron chi connectivity index (χ2n) is 4.06. The molecule has 1 aromatic rings. The summed E-state index contributed by atoms with van der Waals surface area (Å²) in [6.07, 6.45) is 0.434. The number of ether oxygens (including phenoxy) is 2. The van der Waals surface area contributed by atoms with Gasteiger partial charge in [0.2, 0.25) is 0 Å². The number of anilines is 1. The van der Waals surface area contributed by atoms with Gasteiger partial charge in [-0.1, -0.05) is 0 Å². The van der Waals surface area contributed by atoms with Gasteiger partial charge in [-0.15, -0.1) is 0 Å². The number of halogens is 1. The third kappa shape index (κ3) is 2.55. The fraction of sp³-hybridized carbons (Fsp3) is 0.417. The first kappa shape index (κ1) is 11.9. The summed E-state index contributed by atoms with van der Waals surface area (Å²) < 4.78 is 23.6. The van der Waals surface area contributed by atoms with Gasteiger partial charge < -0.3 is 15.2 Å². The summed E-state index contributed by atoms with van der Waals surface area (Å²) in [6.45, 7) is 2.54. The minimum Gasteiger partial charge on any atom is -0.456 e. The Balaban J connectivity index is 2.13. The number of benzene rings is 1. The number of rotatable bonds is 2. The average molecular weight is 239 g/mol. The first-order chi connectivity index (χ1) is 8.08. The lowest BCUT2D eigenvalue weighted by Gasteiger charge is -2.11. The molecule has 17 heavy (non-hydrogen) atoms. The number of carbonyl (C=O) groups is 1. The Morgan fingerprint density at radius 3 is 2.94 bits per heavy atom. The predicted molar refractivity (Wildman–Crippen MR) is 60.2 cm³/mol. The highest BCUT2D eigenvalue weighted by molar-refractivity contribution is 5.90. The molecular formula is C12H14FNO3. The molecule has 0 amide bonds. The van der Waals surface area contributed by atoms with Gasteiger partial charge in [0.1, 0.15) is 11.9 Å². The van der Waals surface area contributed by atoms with Crippen LogP contribution >= 0.6 is 0 Å². The summed E-state index contributed by atoms with van der Waals surface area (Å²) in [5, 5.41) is 0. The van der Waals surface area contributed by atoms with Gasteiger partial charge in [0, 0.05) is 17.7 Å². The number of esters is 1. The lowest BCUT2D eigenvalue weighted by Crippen LogP contribution is -2.18. The molecule has 2 N–H and O–H groups in total. The second kappa shape index (κ2) is 4.71. The van der Waals surface area contributed by atoms with Gasteiger partial charge in [-0.3, -0.25) is 0 Å².